The third-order valence-corrected chi connectivity index (χ3v) is 6.58. The first-order valence-corrected chi connectivity index (χ1v) is 11.7. The number of pyridine rings is 1. The summed E-state index contributed by atoms with van der Waals surface area (Å²) in [7, 11) is 0. The van der Waals surface area contributed by atoms with Gasteiger partial charge < -0.3 is 9.64 Å². The average molecular weight is 517 g/mol. The number of alkyl halides is 2. The number of ether oxygens (including phenoxy) is 1. The van der Waals surface area contributed by atoms with E-state index < -0.39 is 42.2 Å². The SMILES string of the molecule is O=C(CC[C@H]1CN(c2ccc(N3CCn4c(=O)c5cccnc5c(=O)n4CC3)c(F)c2)C(=O)O1)C(F)F. The highest BCUT2D eigenvalue weighted by Gasteiger charge is 2.33. The standard InChI is InChI=1S/C24H22F3N5O5/c25-17-12-14(30-13-15(37-24(30)36)4-6-19(33)21(26)27)3-5-18(17)29-8-10-31-22(34)16-2-1-7-28-20(16)23(35)32(31)11-9-29/h1-3,5,7,12,15,21H,4,6,8-11,13H2/t15-/m0/s1. The largest absolute Gasteiger partial charge is 0.444 e. The highest BCUT2D eigenvalue weighted by Crippen LogP contribution is 2.29. The molecule has 0 unspecified atom stereocenters. The highest BCUT2D eigenvalue weighted by atomic mass is 19.3. The lowest BCUT2D eigenvalue weighted by Crippen LogP contribution is -2.39. The molecule has 0 radical (unpaired) electrons. The Hall–Kier alpha value is -4.16. The number of amides is 1. The topological polar surface area (TPSA) is 107 Å². The molecule has 1 saturated heterocycles. The Labute approximate surface area is 207 Å². The van der Waals surface area contributed by atoms with Crippen LogP contribution in [-0.2, 0) is 22.6 Å². The number of fused-ring (bicyclic) bond motifs is 2. The van der Waals surface area contributed by atoms with Gasteiger partial charge in [-0.3, -0.25) is 24.3 Å². The van der Waals surface area contributed by atoms with Crippen LogP contribution in [0.4, 0.5) is 29.3 Å². The molecule has 0 spiro atoms. The Morgan fingerprint density at radius 3 is 2.49 bits per heavy atom. The van der Waals surface area contributed by atoms with E-state index in [-0.39, 0.29) is 67.0 Å². The quantitative estimate of drug-likeness (QED) is 0.493. The zero-order valence-corrected chi connectivity index (χ0v) is 19.5. The van der Waals surface area contributed by atoms with E-state index >= 15 is 4.39 Å². The molecule has 0 aliphatic carbocycles. The van der Waals surface area contributed by atoms with E-state index in [9.17, 15) is 28.0 Å². The lowest BCUT2D eigenvalue weighted by atomic mass is 10.1. The summed E-state index contributed by atoms with van der Waals surface area (Å²) in [5.41, 5.74) is -0.214. The van der Waals surface area contributed by atoms with Crippen molar-refractivity contribution in [3.8, 4) is 0 Å². The van der Waals surface area contributed by atoms with Crippen LogP contribution < -0.4 is 20.9 Å². The Kier molecular flexibility index (Phi) is 6.44. The Bertz CT molecular complexity index is 1440. The number of cyclic esters (lactones) is 1. The van der Waals surface area contributed by atoms with Crippen LogP contribution in [0.2, 0.25) is 0 Å². The number of carbonyl (C=O) groups excluding carboxylic acids is 2. The van der Waals surface area contributed by atoms with Gasteiger partial charge in [-0.15, -0.1) is 0 Å². The zero-order valence-electron chi connectivity index (χ0n) is 19.5. The third kappa shape index (κ3) is 4.56. The molecule has 0 bridgehead atoms. The first kappa shape index (κ1) is 24.5. The number of hydrogen-bond acceptors (Lipinski definition) is 7. The van der Waals surface area contributed by atoms with E-state index in [1.165, 1.54) is 32.6 Å². The fourth-order valence-electron chi connectivity index (χ4n) is 4.67. The smallest absolute Gasteiger partial charge is 0.414 e. The second-order valence-electron chi connectivity index (χ2n) is 8.80. The van der Waals surface area contributed by atoms with Gasteiger partial charge in [-0.1, -0.05) is 0 Å². The number of aromatic nitrogens is 3. The molecule has 0 N–H and O–H groups in total. The van der Waals surface area contributed by atoms with Crippen LogP contribution in [0.25, 0.3) is 10.9 Å². The minimum Gasteiger partial charge on any atom is -0.444 e. The summed E-state index contributed by atoms with van der Waals surface area (Å²) in [5.74, 6) is -1.85. The summed E-state index contributed by atoms with van der Waals surface area (Å²) in [4.78, 5) is 56.2. The minimum absolute atomic E-state index is 0.000586. The lowest BCUT2D eigenvalue weighted by Gasteiger charge is -2.23. The molecule has 2 aliphatic rings. The van der Waals surface area contributed by atoms with Crippen molar-refractivity contribution < 1.29 is 27.5 Å². The van der Waals surface area contributed by atoms with Crippen LogP contribution in [0.3, 0.4) is 0 Å². The van der Waals surface area contributed by atoms with Gasteiger partial charge >= 0.3 is 6.09 Å². The van der Waals surface area contributed by atoms with Crippen LogP contribution >= 0.6 is 0 Å². The average Bonchev–Trinajstić information content (AvgIpc) is 3.11. The van der Waals surface area contributed by atoms with Crippen LogP contribution in [-0.4, -0.2) is 58.4 Å². The molecule has 10 nitrogen and oxygen atoms in total. The Morgan fingerprint density at radius 1 is 1.05 bits per heavy atom. The van der Waals surface area contributed by atoms with Gasteiger partial charge in [-0.2, -0.15) is 0 Å². The Balaban J connectivity index is 1.32. The molecule has 4 heterocycles. The monoisotopic (exact) mass is 517 g/mol. The van der Waals surface area contributed by atoms with Crippen molar-refractivity contribution in [1.29, 1.82) is 0 Å². The summed E-state index contributed by atoms with van der Waals surface area (Å²) in [6, 6.07) is 7.32. The molecule has 1 fully saturated rings. The molecule has 1 aromatic carbocycles. The maximum atomic E-state index is 15.2. The number of hydrogen-bond donors (Lipinski definition) is 0. The normalized spacial score (nSPS) is 17.7. The molecule has 5 rings (SSSR count). The molecule has 2 aliphatic heterocycles. The van der Waals surface area contributed by atoms with Gasteiger partial charge in [0.05, 0.1) is 36.4 Å². The number of rotatable bonds is 6. The first-order valence-electron chi connectivity index (χ1n) is 11.7. The van der Waals surface area contributed by atoms with E-state index in [0.717, 1.165) is 6.07 Å². The van der Waals surface area contributed by atoms with Crippen molar-refractivity contribution in [1.82, 2.24) is 14.3 Å². The van der Waals surface area contributed by atoms with Gasteiger partial charge in [0.1, 0.15) is 17.4 Å². The molecule has 1 amide bonds. The number of carbonyl (C=O) groups is 2. The second kappa shape index (κ2) is 9.71. The van der Waals surface area contributed by atoms with Gasteiger partial charge in [0.25, 0.3) is 17.5 Å². The van der Waals surface area contributed by atoms with E-state index in [0.29, 0.717) is 0 Å². The predicted molar refractivity (Wildman–Crippen MR) is 127 cm³/mol. The number of halogens is 3. The molecule has 0 saturated carbocycles. The number of ketones is 1. The van der Waals surface area contributed by atoms with Crippen LogP contribution in [0, 0.1) is 5.82 Å². The van der Waals surface area contributed by atoms with Gasteiger partial charge in [0, 0.05) is 25.7 Å². The summed E-state index contributed by atoms with van der Waals surface area (Å²) in [6.45, 7) is 0.796. The van der Waals surface area contributed by atoms with Crippen LogP contribution in [0.15, 0.2) is 46.1 Å². The Morgan fingerprint density at radius 2 is 1.78 bits per heavy atom. The van der Waals surface area contributed by atoms with E-state index in [1.54, 1.807) is 17.0 Å². The molecule has 2 aromatic heterocycles. The maximum absolute atomic E-state index is 15.2. The molecule has 194 valence electrons. The third-order valence-electron chi connectivity index (χ3n) is 6.58. The number of benzene rings is 1. The van der Waals surface area contributed by atoms with Gasteiger partial charge in [0.15, 0.2) is 5.78 Å². The molecule has 3 aromatic rings. The maximum Gasteiger partial charge on any atom is 0.414 e. The van der Waals surface area contributed by atoms with Crippen molar-refractivity contribution in [3.05, 3.63) is 63.1 Å². The summed E-state index contributed by atoms with van der Waals surface area (Å²) >= 11 is 0. The zero-order chi connectivity index (χ0) is 26.3. The summed E-state index contributed by atoms with van der Waals surface area (Å²) in [5, 5.41) is 0.224. The van der Waals surface area contributed by atoms with Gasteiger partial charge in [0.2, 0.25) is 0 Å². The van der Waals surface area contributed by atoms with Crippen molar-refractivity contribution >= 4 is 34.2 Å². The number of Topliss-reactive ketones (excluding diaryl/α,β-unsaturated/α-hetero) is 1. The van der Waals surface area contributed by atoms with Crippen LogP contribution in [0.5, 0.6) is 0 Å². The van der Waals surface area contributed by atoms with Crippen molar-refractivity contribution in [2.75, 3.05) is 29.4 Å². The van der Waals surface area contributed by atoms with Crippen molar-refractivity contribution in [2.24, 2.45) is 0 Å². The fourth-order valence-corrected chi connectivity index (χ4v) is 4.67. The van der Waals surface area contributed by atoms with E-state index in [4.69, 9.17) is 4.74 Å². The van der Waals surface area contributed by atoms with E-state index in [2.05, 4.69) is 4.98 Å². The van der Waals surface area contributed by atoms with Crippen LogP contribution in [0.1, 0.15) is 12.8 Å². The van der Waals surface area contributed by atoms with Crippen molar-refractivity contribution in [3.63, 3.8) is 0 Å². The highest BCUT2D eigenvalue weighted by molar-refractivity contribution is 5.90. The fraction of sp³-hybridized carbons (Fsp3) is 0.375. The molecular formula is C24H22F3N5O5. The minimum atomic E-state index is -3.07. The molecule has 13 heteroatoms. The van der Waals surface area contributed by atoms with Crippen molar-refractivity contribution in [2.45, 2.75) is 38.5 Å². The molecule has 37 heavy (non-hydrogen) atoms. The number of anilines is 2. The molecule has 1 atom stereocenters. The predicted octanol–water partition coefficient (Wildman–Crippen LogP) is 2.16. The molecular weight excluding hydrogens is 495 g/mol. The summed E-state index contributed by atoms with van der Waals surface area (Å²) in [6.07, 6.45) is -3.62. The number of nitrogens with zero attached hydrogens (tertiary/aromatic N) is 5. The summed E-state index contributed by atoms with van der Waals surface area (Å²) < 4.78 is 47.8. The van der Waals surface area contributed by atoms with Gasteiger partial charge in [-0.25, -0.2) is 27.3 Å². The van der Waals surface area contributed by atoms with E-state index in [1.807, 2.05) is 0 Å². The second-order valence-corrected chi connectivity index (χ2v) is 8.80. The lowest BCUT2D eigenvalue weighted by molar-refractivity contribution is -0.129. The van der Waals surface area contributed by atoms with Gasteiger partial charge in [-0.05, 0) is 36.8 Å². The first-order chi connectivity index (χ1) is 17.7.